The van der Waals surface area contributed by atoms with Gasteiger partial charge >= 0.3 is 0 Å². The molecule has 29 heavy (non-hydrogen) atoms. The van der Waals surface area contributed by atoms with Crippen LogP contribution in [0.2, 0.25) is 0 Å². The molecule has 3 aliphatic rings. The van der Waals surface area contributed by atoms with Gasteiger partial charge in [-0.2, -0.15) is 0 Å². The van der Waals surface area contributed by atoms with Crippen LogP contribution in [-0.2, 0) is 11.3 Å². The standard InChI is InChI=1S/C23H37N5O/c1-2-25-13-15-27(16-14-25)23(29)21-6-4-10-28(19-21)22-7-11-26(12-8-22)18-20-5-3-9-24-17-20/h3,5,9,17,21-22H,2,4,6-8,10-16,18-19H2,1H3/t21-/m1/s1. The van der Waals surface area contributed by atoms with Gasteiger partial charge in [0.05, 0.1) is 5.92 Å². The molecule has 1 amide bonds. The summed E-state index contributed by atoms with van der Waals surface area (Å²) in [4.78, 5) is 27.1. The lowest BCUT2D eigenvalue weighted by Crippen LogP contribution is -2.54. The van der Waals surface area contributed by atoms with Crippen LogP contribution in [0.3, 0.4) is 0 Å². The van der Waals surface area contributed by atoms with E-state index in [1.807, 2.05) is 18.5 Å². The average Bonchev–Trinajstić information content (AvgIpc) is 2.80. The molecule has 4 heterocycles. The Morgan fingerprint density at radius 3 is 2.52 bits per heavy atom. The molecule has 0 bridgehead atoms. The third kappa shape index (κ3) is 5.36. The van der Waals surface area contributed by atoms with E-state index < -0.39 is 0 Å². The Bertz CT molecular complexity index is 638. The molecule has 4 rings (SSSR count). The van der Waals surface area contributed by atoms with Gasteiger partial charge in [-0.15, -0.1) is 0 Å². The van der Waals surface area contributed by atoms with E-state index in [1.165, 1.54) is 31.4 Å². The molecular weight excluding hydrogens is 362 g/mol. The fraction of sp³-hybridized carbons (Fsp3) is 0.739. The number of likely N-dealkylation sites (N-methyl/N-ethyl adjacent to an activating group) is 1. The van der Waals surface area contributed by atoms with Crippen molar-refractivity contribution in [2.24, 2.45) is 5.92 Å². The number of rotatable bonds is 5. The molecule has 1 aromatic rings. The smallest absolute Gasteiger partial charge is 0.227 e. The topological polar surface area (TPSA) is 42.9 Å². The summed E-state index contributed by atoms with van der Waals surface area (Å²) < 4.78 is 0. The number of carbonyl (C=O) groups is 1. The third-order valence-corrected chi connectivity index (χ3v) is 7.14. The summed E-state index contributed by atoms with van der Waals surface area (Å²) in [6.07, 6.45) is 8.50. The molecule has 0 unspecified atom stereocenters. The van der Waals surface area contributed by atoms with Gasteiger partial charge in [0.1, 0.15) is 0 Å². The fourth-order valence-electron chi connectivity index (χ4n) is 5.27. The molecule has 0 radical (unpaired) electrons. The Morgan fingerprint density at radius 1 is 1.03 bits per heavy atom. The third-order valence-electron chi connectivity index (χ3n) is 7.14. The highest BCUT2D eigenvalue weighted by molar-refractivity contribution is 5.79. The van der Waals surface area contributed by atoms with Crippen molar-refractivity contribution < 1.29 is 4.79 Å². The van der Waals surface area contributed by atoms with E-state index in [9.17, 15) is 4.79 Å². The zero-order chi connectivity index (χ0) is 20.1. The minimum Gasteiger partial charge on any atom is -0.340 e. The number of carbonyl (C=O) groups excluding carboxylic acids is 1. The molecule has 1 atom stereocenters. The van der Waals surface area contributed by atoms with Gasteiger partial charge in [-0.05, 0) is 63.5 Å². The van der Waals surface area contributed by atoms with Crippen molar-refractivity contribution in [3.63, 3.8) is 0 Å². The maximum atomic E-state index is 13.1. The van der Waals surface area contributed by atoms with Crippen LogP contribution in [0.5, 0.6) is 0 Å². The predicted octanol–water partition coefficient (Wildman–Crippen LogP) is 1.92. The van der Waals surface area contributed by atoms with E-state index in [0.29, 0.717) is 11.9 Å². The minimum absolute atomic E-state index is 0.213. The molecule has 3 fully saturated rings. The molecule has 6 heteroatoms. The summed E-state index contributed by atoms with van der Waals surface area (Å²) in [6.45, 7) is 12.6. The Hall–Kier alpha value is -1.50. The highest BCUT2D eigenvalue weighted by atomic mass is 16.2. The monoisotopic (exact) mass is 399 g/mol. The SMILES string of the molecule is CCN1CCN(C(=O)[C@@H]2CCCN(C3CCN(Cc4cccnc4)CC3)C2)CC1. The van der Waals surface area contributed by atoms with Gasteiger partial charge in [-0.3, -0.25) is 19.6 Å². The first-order valence-electron chi connectivity index (χ1n) is 11.6. The number of piperazine rings is 1. The summed E-state index contributed by atoms with van der Waals surface area (Å²) in [5.41, 5.74) is 1.30. The van der Waals surface area contributed by atoms with Crippen LogP contribution >= 0.6 is 0 Å². The molecule has 6 nitrogen and oxygen atoms in total. The molecule has 0 saturated carbocycles. The Morgan fingerprint density at radius 2 is 1.83 bits per heavy atom. The van der Waals surface area contributed by atoms with Crippen LogP contribution in [0.1, 0.15) is 38.2 Å². The van der Waals surface area contributed by atoms with Crippen LogP contribution in [-0.4, -0.2) is 95.4 Å². The number of hydrogen-bond donors (Lipinski definition) is 0. The summed E-state index contributed by atoms with van der Waals surface area (Å²) >= 11 is 0. The van der Waals surface area contributed by atoms with Crippen molar-refractivity contribution in [3.05, 3.63) is 30.1 Å². The molecule has 0 aromatic carbocycles. The van der Waals surface area contributed by atoms with Crippen molar-refractivity contribution in [3.8, 4) is 0 Å². The zero-order valence-electron chi connectivity index (χ0n) is 18.0. The average molecular weight is 400 g/mol. The quantitative estimate of drug-likeness (QED) is 0.757. The molecule has 0 N–H and O–H groups in total. The summed E-state index contributed by atoms with van der Waals surface area (Å²) in [5.74, 6) is 0.629. The van der Waals surface area contributed by atoms with Crippen molar-refractivity contribution in [1.29, 1.82) is 0 Å². The summed E-state index contributed by atoms with van der Waals surface area (Å²) in [6, 6.07) is 4.84. The fourth-order valence-corrected chi connectivity index (χ4v) is 5.27. The second-order valence-corrected chi connectivity index (χ2v) is 8.96. The second kappa shape index (κ2) is 10.0. The molecule has 3 saturated heterocycles. The van der Waals surface area contributed by atoms with Gasteiger partial charge in [-0.1, -0.05) is 13.0 Å². The number of aromatic nitrogens is 1. The van der Waals surface area contributed by atoms with E-state index in [1.54, 1.807) is 0 Å². The first kappa shape index (κ1) is 20.8. The summed E-state index contributed by atoms with van der Waals surface area (Å²) in [7, 11) is 0. The number of amides is 1. The molecule has 1 aromatic heterocycles. The number of likely N-dealkylation sites (tertiary alicyclic amines) is 2. The lowest BCUT2D eigenvalue weighted by molar-refractivity contribution is -0.139. The Balaban J connectivity index is 1.24. The number of hydrogen-bond acceptors (Lipinski definition) is 5. The molecule has 0 spiro atoms. The minimum atomic E-state index is 0.213. The van der Waals surface area contributed by atoms with E-state index in [4.69, 9.17) is 0 Å². The molecule has 160 valence electrons. The lowest BCUT2D eigenvalue weighted by Gasteiger charge is -2.43. The van der Waals surface area contributed by atoms with Crippen LogP contribution in [0.4, 0.5) is 0 Å². The van der Waals surface area contributed by atoms with Crippen LogP contribution < -0.4 is 0 Å². The lowest BCUT2D eigenvalue weighted by atomic mass is 9.92. The predicted molar refractivity (Wildman–Crippen MR) is 116 cm³/mol. The normalized spacial score (nSPS) is 26.0. The van der Waals surface area contributed by atoms with E-state index in [-0.39, 0.29) is 5.92 Å². The van der Waals surface area contributed by atoms with Crippen LogP contribution in [0.15, 0.2) is 24.5 Å². The first-order valence-corrected chi connectivity index (χ1v) is 11.6. The largest absolute Gasteiger partial charge is 0.340 e. The molecular formula is C23H37N5O. The van der Waals surface area contributed by atoms with Gasteiger partial charge in [0.25, 0.3) is 0 Å². The van der Waals surface area contributed by atoms with Crippen molar-refractivity contribution in [2.75, 3.05) is 58.9 Å². The molecule has 0 aliphatic carbocycles. The van der Waals surface area contributed by atoms with Gasteiger partial charge in [0, 0.05) is 57.7 Å². The van der Waals surface area contributed by atoms with Crippen LogP contribution in [0.25, 0.3) is 0 Å². The van der Waals surface area contributed by atoms with E-state index in [0.717, 1.165) is 65.3 Å². The maximum Gasteiger partial charge on any atom is 0.227 e. The Kier molecular flexibility index (Phi) is 7.16. The van der Waals surface area contributed by atoms with Crippen molar-refractivity contribution in [2.45, 2.75) is 45.2 Å². The number of piperidine rings is 2. The maximum absolute atomic E-state index is 13.1. The highest BCUT2D eigenvalue weighted by Crippen LogP contribution is 2.26. The van der Waals surface area contributed by atoms with Gasteiger partial charge in [0.2, 0.25) is 5.91 Å². The highest BCUT2D eigenvalue weighted by Gasteiger charge is 2.34. The van der Waals surface area contributed by atoms with Crippen LogP contribution in [0, 0.1) is 5.92 Å². The van der Waals surface area contributed by atoms with Gasteiger partial charge < -0.3 is 9.80 Å². The summed E-state index contributed by atoms with van der Waals surface area (Å²) in [5, 5.41) is 0. The second-order valence-electron chi connectivity index (χ2n) is 8.96. The zero-order valence-corrected chi connectivity index (χ0v) is 18.0. The van der Waals surface area contributed by atoms with Gasteiger partial charge in [-0.25, -0.2) is 0 Å². The van der Waals surface area contributed by atoms with Gasteiger partial charge in [0.15, 0.2) is 0 Å². The molecule has 3 aliphatic heterocycles. The van der Waals surface area contributed by atoms with E-state index >= 15 is 0 Å². The van der Waals surface area contributed by atoms with Crippen molar-refractivity contribution in [1.82, 2.24) is 24.6 Å². The first-order chi connectivity index (χ1) is 14.2. The van der Waals surface area contributed by atoms with Crippen molar-refractivity contribution >= 4 is 5.91 Å². The Labute approximate surface area is 175 Å². The number of pyridine rings is 1. The van der Waals surface area contributed by atoms with E-state index in [2.05, 4.69) is 37.6 Å². The number of nitrogens with zero attached hydrogens (tertiary/aromatic N) is 5.